The van der Waals surface area contributed by atoms with Gasteiger partial charge >= 0.3 is 0 Å². The lowest BCUT2D eigenvalue weighted by molar-refractivity contribution is 0.172. The monoisotopic (exact) mass is 413 g/mol. The highest BCUT2D eigenvalue weighted by Crippen LogP contribution is 2.44. The molecular weight excluding hydrogens is 394 g/mol. The molecule has 0 saturated carbocycles. The number of anilines is 4. The van der Waals surface area contributed by atoms with Crippen molar-refractivity contribution in [2.24, 2.45) is 5.14 Å². The van der Waals surface area contributed by atoms with Gasteiger partial charge in [0.05, 0.1) is 24.8 Å². The number of hydrogen-bond acceptors (Lipinski definition) is 10. The molecule has 2 heterocycles. The maximum atomic E-state index is 5.83. The summed E-state index contributed by atoms with van der Waals surface area (Å²) in [6.45, 7) is 0.180. The zero-order valence-corrected chi connectivity index (χ0v) is 16.6. The van der Waals surface area contributed by atoms with Crippen LogP contribution in [0.1, 0.15) is 0 Å². The van der Waals surface area contributed by atoms with Crippen LogP contribution in [0.15, 0.2) is 47.5 Å². The van der Waals surface area contributed by atoms with E-state index in [2.05, 4.69) is 20.6 Å². The summed E-state index contributed by atoms with van der Waals surface area (Å²) in [5, 5.41) is 12.2. The molecule has 0 bridgehead atoms. The molecular formula is C19H19N5O4S. The van der Waals surface area contributed by atoms with E-state index in [1.807, 2.05) is 24.3 Å². The third-order valence-electron chi connectivity index (χ3n) is 4.17. The van der Waals surface area contributed by atoms with E-state index in [1.165, 1.54) is 0 Å². The highest BCUT2D eigenvalue weighted by Gasteiger charge is 2.21. The lowest BCUT2D eigenvalue weighted by Gasteiger charge is -2.13. The Morgan fingerprint density at radius 3 is 2.69 bits per heavy atom. The molecule has 0 fully saturated rings. The van der Waals surface area contributed by atoms with Gasteiger partial charge in [0.2, 0.25) is 12.7 Å². The predicted molar refractivity (Wildman–Crippen MR) is 111 cm³/mol. The zero-order valence-electron chi connectivity index (χ0n) is 15.8. The van der Waals surface area contributed by atoms with Crippen molar-refractivity contribution in [3.05, 3.63) is 42.6 Å². The molecule has 0 spiro atoms. The quantitative estimate of drug-likeness (QED) is 0.496. The van der Waals surface area contributed by atoms with Gasteiger partial charge in [-0.1, -0.05) is 0 Å². The number of fused-ring (bicyclic) bond motifs is 1. The Labute approximate surface area is 171 Å². The summed E-state index contributed by atoms with van der Waals surface area (Å²) in [7, 11) is 3.17. The molecule has 4 rings (SSSR count). The van der Waals surface area contributed by atoms with Crippen molar-refractivity contribution in [3.63, 3.8) is 0 Å². The molecule has 0 aliphatic carbocycles. The van der Waals surface area contributed by atoms with E-state index in [9.17, 15) is 0 Å². The number of ether oxygens (including phenoxy) is 4. The molecule has 1 aromatic heterocycles. The van der Waals surface area contributed by atoms with Crippen molar-refractivity contribution in [1.29, 1.82) is 0 Å². The standard InChI is InChI=1S/C19H19N5O4S/c1-25-13-5-3-11(9-15(13)26-2)22-19-21-8-7-16(24-19)23-12-4-6-14-17(18(12)29-20)28-10-27-14/h3-9H,10,20H2,1-2H3,(H2,21,22,23,24). The molecule has 0 saturated heterocycles. The molecule has 3 aromatic rings. The van der Waals surface area contributed by atoms with Gasteiger partial charge in [-0.05, 0) is 42.3 Å². The third-order valence-corrected chi connectivity index (χ3v) is 4.81. The molecule has 4 N–H and O–H groups in total. The zero-order chi connectivity index (χ0) is 20.2. The van der Waals surface area contributed by atoms with Crippen LogP contribution in [0.4, 0.5) is 23.1 Å². The largest absolute Gasteiger partial charge is 0.493 e. The van der Waals surface area contributed by atoms with E-state index in [-0.39, 0.29) is 6.79 Å². The fraction of sp³-hybridized carbons (Fsp3) is 0.158. The Bertz CT molecular complexity index is 1030. The van der Waals surface area contributed by atoms with Crippen LogP contribution in [0, 0.1) is 0 Å². The number of nitrogens with zero attached hydrogens (tertiary/aromatic N) is 2. The van der Waals surface area contributed by atoms with Gasteiger partial charge in [-0.2, -0.15) is 4.98 Å². The van der Waals surface area contributed by atoms with Crippen molar-refractivity contribution in [2.75, 3.05) is 31.6 Å². The molecule has 0 atom stereocenters. The first-order chi connectivity index (χ1) is 14.2. The number of aromatic nitrogens is 2. The van der Waals surface area contributed by atoms with Gasteiger partial charge in [0, 0.05) is 18.0 Å². The predicted octanol–water partition coefficient (Wildman–Crippen LogP) is 3.68. The van der Waals surface area contributed by atoms with Gasteiger partial charge < -0.3 is 29.6 Å². The number of nitrogens with one attached hydrogen (secondary N) is 2. The van der Waals surface area contributed by atoms with E-state index in [4.69, 9.17) is 24.1 Å². The lowest BCUT2D eigenvalue weighted by Crippen LogP contribution is -2.02. The van der Waals surface area contributed by atoms with Crippen molar-refractivity contribution in [2.45, 2.75) is 4.90 Å². The SMILES string of the molecule is COc1ccc(Nc2nccc(Nc3ccc4c(c3SN)OCO4)n2)cc1OC. The summed E-state index contributed by atoms with van der Waals surface area (Å²) >= 11 is 1.08. The van der Waals surface area contributed by atoms with Crippen molar-refractivity contribution >= 4 is 35.1 Å². The number of benzene rings is 2. The minimum atomic E-state index is 0.180. The summed E-state index contributed by atoms with van der Waals surface area (Å²) in [5.74, 6) is 3.56. The van der Waals surface area contributed by atoms with Gasteiger partial charge in [0.25, 0.3) is 0 Å². The third kappa shape index (κ3) is 3.93. The second-order valence-corrected chi connectivity index (χ2v) is 6.52. The molecule has 150 valence electrons. The fourth-order valence-corrected chi connectivity index (χ4v) is 3.34. The average Bonchev–Trinajstić information content (AvgIpc) is 3.22. The Balaban J connectivity index is 1.56. The minimum Gasteiger partial charge on any atom is -0.493 e. The van der Waals surface area contributed by atoms with Gasteiger partial charge in [0.15, 0.2) is 23.0 Å². The Kier molecular flexibility index (Phi) is 5.45. The Morgan fingerprint density at radius 1 is 1.03 bits per heavy atom. The topological polar surface area (TPSA) is 113 Å². The van der Waals surface area contributed by atoms with Gasteiger partial charge in [0.1, 0.15) is 5.82 Å². The molecule has 29 heavy (non-hydrogen) atoms. The molecule has 0 unspecified atom stereocenters. The Hall–Kier alpha value is -3.37. The maximum Gasteiger partial charge on any atom is 0.231 e. The maximum absolute atomic E-state index is 5.83. The highest BCUT2D eigenvalue weighted by molar-refractivity contribution is 7.97. The Morgan fingerprint density at radius 2 is 1.90 bits per heavy atom. The molecule has 0 radical (unpaired) electrons. The van der Waals surface area contributed by atoms with Crippen molar-refractivity contribution in [1.82, 2.24) is 9.97 Å². The average molecular weight is 413 g/mol. The molecule has 1 aliphatic rings. The van der Waals surface area contributed by atoms with Crippen LogP contribution in [-0.4, -0.2) is 31.0 Å². The van der Waals surface area contributed by atoms with Crippen molar-refractivity contribution < 1.29 is 18.9 Å². The van der Waals surface area contributed by atoms with E-state index in [1.54, 1.807) is 32.5 Å². The van der Waals surface area contributed by atoms with Gasteiger partial charge in [-0.3, -0.25) is 5.14 Å². The summed E-state index contributed by atoms with van der Waals surface area (Å²) < 4.78 is 21.5. The van der Waals surface area contributed by atoms with Crippen LogP contribution in [-0.2, 0) is 0 Å². The first-order valence-electron chi connectivity index (χ1n) is 8.60. The number of nitrogens with two attached hydrogens (primary N) is 1. The number of rotatable bonds is 7. The number of methoxy groups -OCH3 is 2. The van der Waals surface area contributed by atoms with E-state index in [0.717, 1.165) is 28.2 Å². The number of hydrogen-bond donors (Lipinski definition) is 3. The molecule has 9 nitrogen and oxygen atoms in total. The van der Waals surface area contributed by atoms with Crippen LogP contribution in [0.2, 0.25) is 0 Å². The minimum absolute atomic E-state index is 0.180. The second-order valence-electron chi connectivity index (χ2n) is 5.88. The van der Waals surface area contributed by atoms with Gasteiger partial charge in [-0.15, -0.1) is 0 Å². The first kappa shape index (κ1) is 19.0. The molecule has 1 aliphatic heterocycles. The summed E-state index contributed by atoms with van der Waals surface area (Å²) in [6, 6.07) is 10.9. The van der Waals surface area contributed by atoms with Crippen LogP contribution in [0.5, 0.6) is 23.0 Å². The molecule has 2 aromatic carbocycles. The molecule has 10 heteroatoms. The van der Waals surface area contributed by atoms with E-state index < -0.39 is 0 Å². The highest BCUT2D eigenvalue weighted by atomic mass is 32.2. The van der Waals surface area contributed by atoms with Crippen LogP contribution in [0.25, 0.3) is 0 Å². The van der Waals surface area contributed by atoms with Crippen molar-refractivity contribution in [3.8, 4) is 23.0 Å². The second kappa shape index (κ2) is 8.33. The summed E-state index contributed by atoms with van der Waals surface area (Å²) in [5.41, 5.74) is 1.53. The normalized spacial score (nSPS) is 11.8. The first-order valence-corrected chi connectivity index (χ1v) is 9.48. The van der Waals surface area contributed by atoms with Crippen LogP contribution < -0.4 is 34.7 Å². The summed E-state index contributed by atoms with van der Waals surface area (Å²) in [6.07, 6.45) is 1.65. The fourth-order valence-electron chi connectivity index (χ4n) is 2.83. The van der Waals surface area contributed by atoms with Crippen LogP contribution >= 0.6 is 11.9 Å². The smallest absolute Gasteiger partial charge is 0.231 e. The van der Waals surface area contributed by atoms with Gasteiger partial charge in [-0.25, -0.2) is 4.98 Å². The van der Waals surface area contributed by atoms with E-state index in [0.29, 0.717) is 34.8 Å². The van der Waals surface area contributed by atoms with E-state index >= 15 is 0 Å². The molecule has 0 amide bonds. The summed E-state index contributed by atoms with van der Waals surface area (Å²) in [4.78, 5) is 9.51. The van der Waals surface area contributed by atoms with Crippen LogP contribution in [0.3, 0.4) is 0 Å². The lowest BCUT2D eigenvalue weighted by atomic mass is 10.2.